The minimum atomic E-state index is -0.391. The molecule has 0 saturated heterocycles. The van der Waals surface area contributed by atoms with Crippen molar-refractivity contribution in [1.82, 2.24) is 0 Å². The lowest BCUT2D eigenvalue weighted by molar-refractivity contribution is -0.135. The van der Waals surface area contributed by atoms with Crippen molar-refractivity contribution in [2.45, 2.75) is 18.8 Å². The van der Waals surface area contributed by atoms with Gasteiger partial charge in [0.15, 0.2) is 5.76 Å². The average Bonchev–Trinajstić information content (AvgIpc) is 3.28. The Bertz CT molecular complexity index is 1570. The fourth-order valence-corrected chi connectivity index (χ4v) is 5.04. The van der Waals surface area contributed by atoms with Gasteiger partial charge in [-0.15, -0.1) is 0 Å². The Morgan fingerprint density at radius 1 is 0.872 bits per heavy atom. The molecule has 6 rings (SSSR count). The minimum absolute atomic E-state index is 0.109. The molecule has 0 N–H and O–H groups in total. The van der Waals surface area contributed by atoms with Crippen LogP contribution < -0.4 is 18.9 Å². The molecule has 0 saturated carbocycles. The Hall–Kier alpha value is -4.84. The fourth-order valence-electron chi connectivity index (χ4n) is 5.04. The number of para-hydroxylation sites is 1. The Morgan fingerprint density at radius 3 is 2.44 bits per heavy atom. The van der Waals surface area contributed by atoms with Gasteiger partial charge in [0.05, 0.1) is 25.7 Å². The van der Waals surface area contributed by atoms with Crippen LogP contribution in [0, 0.1) is 0 Å². The van der Waals surface area contributed by atoms with Gasteiger partial charge in [-0.05, 0) is 47.5 Å². The first-order valence-electron chi connectivity index (χ1n) is 12.8. The van der Waals surface area contributed by atoms with E-state index in [1.54, 1.807) is 25.3 Å². The molecule has 1 atom stereocenters. The first kappa shape index (κ1) is 24.5. The summed E-state index contributed by atoms with van der Waals surface area (Å²) in [6.45, 7) is 0.458. The molecule has 0 bridgehead atoms. The summed E-state index contributed by atoms with van der Waals surface area (Å²) in [4.78, 5) is 25.9. The monoisotopic (exact) mass is 518 g/mol. The number of carbonyl (C=O) groups excluding carboxylic acids is 2. The van der Waals surface area contributed by atoms with Crippen molar-refractivity contribution in [3.8, 4) is 23.0 Å². The van der Waals surface area contributed by atoms with Crippen molar-refractivity contribution in [1.29, 1.82) is 0 Å². The number of carbonyl (C=O) groups is 2. The van der Waals surface area contributed by atoms with Crippen LogP contribution >= 0.6 is 0 Å². The summed E-state index contributed by atoms with van der Waals surface area (Å²) in [5.74, 6) is 1.63. The zero-order valence-corrected chi connectivity index (χ0v) is 21.4. The number of methoxy groups -OCH3 is 1. The van der Waals surface area contributed by atoms with E-state index in [0.29, 0.717) is 41.4 Å². The summed E-state index contributed by atoms with van der Waals surface area (Å²) in [6.07, 6.45) is 2.55. The second kappa shape index (κ2) is 10.5. The molecule has 6 heteroatoms. The molecule has 39 heavy (non-hydrogen) atoms. The molecule has 0 amide bonds. The molecule has 2 heterocycles. The first-order chi connectivity index (χ1) is 19.1. The van der Waals surface area contributed by atoms with E-state index in [4.69, 9.17) is 18.9 Å². The Balaban J connectivity index is 1.31. The first-order valence-corrected chi connectivity index (χ1v) is 12.8. The van der Waals surface area contributed by atoms with E-state index in [9.17, 15) is 9.59 Å². The fraction of sp³-hybridized carbons (Fsp3) is 0.152. The summed E-state index contributed by atoms with van der Waals surface area (Å²) in [7, 11) is 1.64. The van der Waals surface area contributed by atoms with Crippen LogP contribution in [-0.2, 0) is 11.2 Å². The van der Waals surface area contributed by atoms with Crippen molar-refractivity contribution in [2.75, 3.05) is 13.7 Å². The molecule has 0 radical (unpaired) electrons. The van der Waals surface area contributed by atoms with Gasteiger partial charge in [0.1, 0.15) is 23.0 Å². The maximum absolute atomic E-state index is 13.2. The van der Waals surface area contributed by atoms with E-state index >= 15 is 0 Å². The number of ether oxygens (including phenoxy) is 4. The predicted molar refractivity (Wildman–Crippen MR) is 147 cm³/mol. The summed E-state index contributed by atoms with van der Waals surface area (Å²) in [5, 5.41) is 0. The molecule has 6 nitrogen and oxygen atoms in total. The molecular weight excluding hydrogens is 492 g/mol. The van der Waals surface area contributed by atoms with E-state index in [-0.39, 0.29) is 23.9 Å². The summed E-state index contributed by atoms with van der Waals surface area (Å²) < 4.78 is 23.2. The Labute approximate surface area is 226 Å². The van der Waals surface area contributed by atoms with Crippen molar-refractivity contribution >= 4 is 17.8 Å². The lowest BCUT2D eigenvalue weighted by atomic mass is 9.84. The quantitative estimate of drug-likeness (QED) is 0.161. The van der Waals surface area contributed by atoms with Gasteiger partial charge in [-0.3, -0.25) is 9.59 Å². The summed E-state index contributed by atoms with van der Waals surface area (Å²) in [6, 6.07) is 28.4. The van der Waals surface area contributed by atoms with Crippen LogP contribution in [0.15, 0.2) is 96.8 Å². The number of benzene rings is 4. The number of fused-ring (bicyclic) bond motifs is 3. The zero-order valence-electron chi connectivity index (χ0n) is 21.4. The van der Waals surface area contributed by atoms with Gasteiger partial charge >= 0.3 is 5.97 Å². The smallest absolute Gasteiger partial charge is 0.312 e. The van der Waals surface area contributed by atoms with Gasteiger partial charge in [-0.2, -0.15) is 0 Å². The lowest BCUT2D eigenvalue weighted by Gasteiger charge is -2.27. The maximum atomic E-state index is 13.2. The van der Waals surface area contributed by atoms with E-state index in [1.165, 1.54) is 0 Å². The van der Waals surface area contributed by atoms with Crippen LogP contribution in [0.3, 0.4) is 0 Å². The SMILES string of the molecule is COc1ccc(CCOc2ccccc2C2CC(=O)Oc3ccc4c(c32)OC(=Cc2ccccc2)C4=O)cc1. The molecule has 0 spiro atoms. The largest absolute Gasteiger partial charge is 0.497 e. The molecule has 0 fully saturated rings. The van der Waals surface area contributed by atoms with Crippen molar-refractivity contribution in [3.05, 3.63) is 125 Å². The molecule has 4 aromatic carbocycles. The number of hydrogen-bond acceptors (Lipinski definition) is 6. The number of esters is 1. The van der Waals surface area contributed by atoms with Gasteiger partial charge in [-0.25, -0.2) is 0 Å². The number of ketones is 1. The van der Waals surface area contributed by atoms with Gasteiger partial charge < -0.3 is 18.9 Å². The normalized spacial score (nSPS) is 16.7. The standard InChI is InChI=1S/C33H26O6/c1-36-23-13-11-21(12-14-23)17-18-37-27-10-6-5-9-24(27)26-20-30(34)38-28-16-15-25-32(35)29(39-33(25)31(26)28)19-22-7-3-2-4-8-22/h2-16,19,26H,17-18,20H2,1H3. The van der Waals surface area contributed by atoms with Gasteiger partial charge in [-0.1, -0.05) is 60.7 Å². The molecule has 0 aliphatic carbocycles. The van der Waals surface area contributed by atoms with Crippen LogP contribution in [-0.4, -0.2) is 25.5 Å². The van der Waals surface area contributed by atoms with Gasteiger partial charge in [0, 0.05) is 23.5 Å². The highest BCUT2D eigenvalue weighted by Gasteiger charge is 2.39. The third-order valence-electron chi connectivity index (χ3n) is 6.98. The molecule has 0 aromatic heterocycles. The van der Waals surface area contributed by atoms with Crippen molar-refractivity contribution in [2.24, 2.45) is 0 Å². The van der Waals surface area contributed by atoms with Gasteiger partial charge in [0.25, 0.3) is 0 Å². The summed E-state index contributed by atoms with van der Waals surface area (Å²) >= 11 is 0. The number of Topliss-reactive ketones (excluding diaryl/α,β-unsaturated/α-hetero) is 1. The van der Waals surface area contributed by atoms with E-state index < -0.39 is 5.92 Å². The highest BCUT2D eigenvalue weighted by molar-refractivity contribution is 6.15. The minimum Gasteiger partial charge on any atom is -0.497 e. The zero-order chi connectivity index (χ0) is 26.8. The Morgan fingerprint density at radius 2 is 1.64 bits per heavy atom. The third kappa shape index (κ3) is 4.89. The van der Waals surface area contributed by atoms with Crippen LogP contribution in [0.2, 0.25) is 0 Å². The predicted octanol–water partition coefficient (Wildman–Crippen LogP) is 6.37. The van der Waals surface area contributed by atoms with Crippen molar-refractivity contribution in [3.63, 3.8) is 0 Å². The molecule has 194 valence electrons. The van der Waals surface area contributed by atoms with E-state index in [2.05, 4.69) is 0 Å². The highest BCUT2D eigenvalue weighted by Crippen LogP contribution is 2.50. The van der Waals surface area contributed by atoms with Crippen molar-refractivity contribution < 1.29 is 28.5 Å². The summed E-state index contributed by atoms with van der Waals surface area (Å²) in [5.41, 5.74) is 3.97. The van der Waals surface area contributed by atoms with Crippen LogP contribution in [0.1, 0.15) is 45.0 Å². The second-order valence-electron chi connectivity index (χ2n) is 9.42. The van der Waals surface area contributed by atoms with Crippen LogP contribution in [0.25, 0.3) is 6.08 Å². The maximum Gasteiger partial charge on any atom is 0.312 e. The number of allylic oxidation sites excluding steroid dienone is 1. The molecular formula is C33H26O6. The third-order valence-corrected chi connectivity index (χ3v) is 6.98. The number of rotatable bonds is 7. The molecule has 1 unspecified atom stereocenters. The second-order valence-corrected chi connectivity index (χ2v) is 9.42. The molecule has 4 aromatic rings. The van der Waals surface area contributed by atoms with E-state index in [1.807, 2.05) is 78.9 Å². The van der Waals surface area contributed by atoms with Gasteiger partial charge in [0.2, 0.25) is 5.78 Å². The van der Waals surface area contributed by atoms with Crippen LogP contribution in [0.5, 0.6) is 23.0 Å². The Kier molecular flexibility index (Phi) is 6.59. The average molecular weight is 519 g/mol. The lowest BCUT2D eigenvalue weighted by Crippen LogP contribution is -2.22. The molecule has 2 aliphatic rings. The van der Waals surface area contributed by atoms with E-state index in [0.717, 1.165) is 22.4 Å². The highest BCUT2D eigenvalue weighted by atomic mass is 16.5. The van der Waals surface area contributed by atoms with Crippen LogP contribution in [0.4, 0.5) is 0 Å². The topological polar surface area (TPSA) is 71.1 Å². The number of hydrogen-bond donors (Lipinski definition) is 0. The molecule has 2 aliphatic heterocycles.